The topological polar surface area (TPSA) is 158 Å². The van der Waals surface area contributed by atoms with Crippen molar-refractivity contribution in [3.63, 3.8) is 0 Å². The molecular weight excluding hydrogens is 660 g/mol. The van der Waals surface area contributed by atoms with Crippen LogP contribution in [0.3, 0.4) is 0 Å². The van der Waals surface area contributed by atoms with E-state index < -0.39 is 6.10 Å². The molecule has 280 valence electrons. The maximum Gasteiger partial charge on any atom is 0.220 e. The molecule has 0 spiro atoms. The summed E-state index contributed by atoms with van der Waals surface area (Å²) in [6.45, 7) is 4.43. The molecule has 0 fully saturated rings. The number of phenols is 2. The number of amides is 2. The highest BCUT2D eigenvalue weighted by Crippen LogP contribution is 2.13. The van der Waals surface area contributed by atoms with E-state index in [-0.39, 0.29) is 54.7 Å². The Morgan fingerprint density at radius 2 is 1.04 bits per heavy atom. The Kier molecular flexibility index (Phi) is 19.0. The fourth-order valence-electron chi connectivity index (χ4n) is 5.28. The zero-order valence-electron chi connectivity index (χ0n) is 30.2. The third kappa shape index (κ3) is 18.0. The smallest absolute Gasteiger partial charge is 0.220 e. The van der Waals surface area contributed by atoms with Crippen molar-refractivity contribution in [3.05, 3.63) is 131 Å². The molecule has 2 unspecified atom stereocenters. The first-order valence-corrected chi connectivity index (χ1v) is 17.8. The Morgan fingerprint density at radius 1 is 0.596 bits per heavy atom. The molecule has 10 nitrogen and oxygen atoms in total. The summed E-state index contributed by atoms with van der Waals surface area (Å²) >= 11 is 0. The molecule has 0 radical (unpaired) electrons. The van der Waals surface area contributed by atoms with Gasteiger partial charge in [0, 0.05) is 12.8 Å². The van der Waals surface area contributed by atoms with Crippen LogP contribution in [-0.2, 0) is 44.7 Å². The molecule has 4 aromatic carbocycles. The van der Waals surface area contributed by atoms with Gasteiger partial charge in [-0.2, -0.15) is 0 Å². The van der Waals surface area contributed by atoms with Gasteiger partial charge in [-0.25, -0.2) is 0 Å². The normalized spacial score (nSPS) is 13.2. The molecule has 10 heteroatoms. The second-order valence-electron chi connectivity index (χ2n) is 13.0. The molecule has 0 aromatic heterocycles. The quantitative estimate of drug-likeness (QED) is 0.0755. The Balaban J connectivity index is 0.000000294. The number of ether oxygens (including phenoxy) is 2. The molecule has 0 bridgehead atoms. The molecule has 4 atom stereocenters. The number of benzene rings is 4. The number of hydrogen-bond donors (Lipinski definition) is 6. The first-order valence-electron chi connectivity index (χ1n) is 17.8. The van der Waals surface area contributed by atoms with Crippen molar-refractivity contribution in [2.45, 2.75) is 76.7 Å². The minimum atomic E-state index is -0.515. The van der Waals surface area contributed by atoms with Crippen molar-refractivity contribution in [1.82, 2.24) is 10.6 Å². The largest absolute Gasteiger partial charge is 0.508 e. The van der Waals surface area contributed by atoms with E-state index in [2.05, 4.69) is 10.6 Å². The number of aliphatic hydroxyl groups is 2. The van der Waals surface area contributed by atoms with Crippen LogP contribution in [0, 0.1) is 0 Å². The Bertz CT molecular complexity index is 1550. The van der Waals surface area contributed by atoms with Gasteiger partial charge in [0.15, 0.2) is 0 Å². The molecule has 0 aliphatic rings. The summed E-state index contributed by atoms with van der Waals surface area (Å²) in [6, 6.07) is 33.0. The van der Waals surface area contributed by atoms with Gasteiger partial charge in [0.05, 0.1) is 50.7 Å². The molecule has 0 saturated carbocycles. The zero-order valence-corrected chi connectivity index (χ0v) is 30.2. The van der Waals surface area contributed by atoms with Crippen molar-refractivity contribution in [2.24, 2.45) is 0 Å². The summed E-state index contributed by atoms with van der Waals surface area (Å²) < 4.78 is 11.3. The van der Waals surface area contributed by atoms with E-state index in [1.54, 1.807) is 43.3 Å². The second-order valence-corrected chi connectivity index (χ2v) is 13.0. The van der Waals surface area contributed by atoms with Gasteiger partial charge in [-0.1, -0.05) is 84.9 Å². The first kappa shape index (κ1) is 41.7. The van der Waals surface area contributed by atoms with Gasteiger partial charge in [0.1, 0.15) is 11.5 Å². The SMILES string of the molecule is C[C@H](O)CO[C@H](C)COCC(Cc1ccc(O)cc1)NC(=O)CCc1ccccc1.O=C(CCc1ccccc1)NC(CO)Cc1ccc(O)cc1. The first-order chi connectivity index (χ1) is 25.1. The summed E-state index contributed by atoms with van der Waals surface area (Å²) in [6.07, 6.45) is 2.64. The fourth-order valence-corrected chi connectivity index (χ4v) is 5.28. The number of aryl methyl sites for hydroxylation is 2. The third-order valence-corrected chi connectivity index (χ3v) is 8.05. The average molecular weight is 715 g/mol. The summed E-state index contributed by atoms with van der Waals surface area (Å²) in [5, 5.41) is 43.4. The lowest BCUT2D eigenvalue weighted by Crippen LogP contribution is -2.40. The number of carbonyl (C=O) groups is 2. The predicted molar refractivity (Wildman–Crippen MR) is 202 cm³/mol. The average Bonchev–Trinajstić information content (AvgIpc) is 3.15. The lowest BCUT2D eigenvalue weighted by Gasteiger charge is -2.21. The van der Waals surface area contributed by atoms with Crippen molar-refractivity contribution < 1.29 is 39.5 Å². The van der Waals surface area contributed by atoms with Gasteiger partial charge in [-0.15, -0.1) is 0 Å². The predicted octanol–water partition coefficient (Wildman–Crippen LogP) is 4.90. The van der Waals surface area contributed by atoms with Crippen LogP contribution in [0.5, 0.6) is 11.5 Å². The van der Waals surface area contributed by atoms with Crippen LogP contribution in [0.4, 0.5) is 0 Å². The van der Waals surface area contributed by atoms with Crippen LogP contribution in [0.1, 0.15) is 48.9 Å². The zero-order chi connectivity index (χ0) is 37.6. The van der Waals surface area contributed by atoms with Crippen LogP contribution in [0.25, 0.3) is 0 Å². The van der Waals surface area contributed by atoms with E-state index in [9.17, 15) is 30.0 Å². The number of carbonyl (C=O) groups excluding carboxylic acids is 2. The Hall–Kier alpha value is -4.74. The van der Waals surface area contributed by atoms with Gasteiger partial charge in [0.25, 0.3) is 0 Å². The van der Waals surface area contributed by atoms with Gasteiger partial charge in [0.2, 0.25) is 11.8 Å². The highest BCUT2D eigenvalue weighted by atomic mass is 16.5. The summed E-state index contributed by atoms with van der Waals surface area (Å²) in [5.41, 5.74) is 4.21. The molecule has 52 heavy (non-hydrogen) atoms. The molecule has 4 rings (SSSR count). The standard InChI is InChI=1S/C24H33NO5.C18H21NO3/c1-18(26)15-30-19(2)16-29-17-22(14-21-8-11-23(27)12-9-21)25-24(28)13-10-20-6-4-3-5-7-20;20-13-16(12-15-6-9-17(21)10-7-15)19-18(22)11-8-14-4-2-1-3-5-14/h3-9,11-12,18-19,22,26-27H,10,13-17H2,1-2H3,(H,25,28);1-7,9-10,16,20-21H,8,11-13H2,(H,19,22)/t18-,19+,22?;/m0./s1. The number of nitrogens with one attached hydrogen (secondary N) is 2. The Morgan fingerprint density at radius 3 is 1.48 bits per heavy atom. The van der Waals surface area contributed by atoms with Crippen LogP contribution >= 0.6 is 0 Å². The number of hydrogen-bond acceptors (Lipinski definition) is 8. The van der Waals surface area contributed by atoms with Crippen molar-refractivity contribution in [1.29, 1.82) is 0 Å². The highest BCUT2D eigenvalue weighted by Gasteiger charge is 2.16. The van der Waals surface area contributed by atoms with E-state index in [0.717, 1.165) is 22.3 Å². The second kappa shape index (κ2) is 23.7. The molecule has 2 amide bonds. The molecule has 6 N–H and O–H groups in total. The van der Waals surface area contributed by atoms with E-state index in [1.807, 2.05) is 79.7 Å². The number of phenolic OH excluding ortho intramolecular Hbond substituents is 2. The molecule has 0 aliphatic heterocycles. The fraction of sp³-hybridized carbons (Fsp3) is 0.381. The molecule has 4 aromatic rings. The van der Waals surface area contributed by atoms with Crippen LogP contribution in [0.15, 0.2) is 109 Å². The minimum absolute atomic E-state index is 0.0235. The summed E-state index contributed by atoms with van der Waals surface area (Å²) in [5.74, 6) is 0.324. The number of rotatable bonds is 20. The third-order valence-electron chi connectivity index (χ3n) is 8.05. The molecular formula is C42H54N2O8. The maximum absolute atomic E-state index is 12.5. The monoisotopic (exact) mass is 714 g/mol. The minimum Gasteiger partial charge on any atom is -0.508 e. The van der Waals surface area contributed by atoms with Gasteiger partial charge < -0.3 is 40.5 Å². The van der Waals surface area contributed by atoms with Crippen LogP contribution in [0.2, 0.25) is 0 Å². The molecule has 0 heterocycles. The van der Waals surface area contributed by atoms with Gasteiger partial charge in [-0.3, -0.25) is 9.59 Å². The molecule has 0 aliphatic carbocycles. The highest BCUT2D eigenvalue weighted by molar-refractivity contribution is 5.77. The summed E-state index contributed by atoms with van der Waals surface area (Å²) in [7, 11) is 0. The lowest BCUT2D eigenvalue weighted by atomic mass is 10.1. The van der Waals surface area contributed by atoms with Crippen molar-refractivity contribution in [2.75, 3.05) is 26.4 Å². The summed E-state index contributed by atoms with van der Waals surface area (Å²) in [4.78, 5) is 24.5. The van der Waals surface area contributed by atoms with E-state index in [1.165, 1.54) is 0 Å². The number of aliphatic hydroxyl groups excluding tert-OH is 2. The van der Waals surface area contributed by atoms with E-state index >= 15 is 0 Å². The van der Waals surface area contributed by atoms with Crippen molar-refractivity contribution >= 4 is 11.8 Å². The van der Waals surface area contributed by atoms with Gasteiger partial charge in [-0.05, 0) is 86.1 Å². The Labute approximate surface area is 307 Å². The lowest BCUT2D eigenvalue weighted by molar-refractivity contribution is -0.123. The molecule has 0 saturated heterocycles. The van der Waals surface area contributed by atoms with E-state index in [4.69, 9.17) is 9.47 Å². The van der Waals surface area contributed by atoms with Crippen molar-refractivity contribution in [3.8, 4) is 11.5 Å². The van der Waals surface area contributed by atoms with E-state index in [0.29, 0.717) is 51.7 Å². The number of aromatic hydroxyl groups is 2. The van der Waals surface area contributed by atoms with Gasteiger partial charge >= 0.3 is 0 Å². The van der Waals surface area contributed by atoms with Crippen LogP contribution < -0.4 is 10.6 Å². The maximum atomic E-state index is 12.5. The van der Waals surface area contributed by atoms with Crippen LogP contribution in [-0.4, -0.2) is 83.0 Å².